The van der Waals surface area contributed by atoms with Crippen molar-refractivity contribution in [2.45, 2.75) is 240 Å². The average Bonchev–Trinajstić information content (AvgIpc) is 4.20. The Balaban J connectivity index is 0.989. The molecule has 0 aromatic carbocycles. The third kappa shape index (κ3) is 6.98. The SMILES string of the molecule is CCC(CC1(C(=O)OC2CCOC2=O)CC1(CC)C(C)(CO)CC1(C(=O)OC23CC4CC(CC(O)(C4)C2)C3)CC1(C)CC)C1(CC)CC1(CC(C)(C)CC)C(=O)OC1(C)C2CC3CC(C2)CC1C3. The number of cyclic esters (lactones) is 1. The van der Waals surface area contributed by atoms with Gasteiger partial charge in [0.05, 0.1) is 28.5 Å². The molecule has 0 aromatic heterocycles. The van der Waals surface area contributed by atoms with Crippen LogP contribution in [0.1, 0.15) is 217 Å². The zero-order valence-corrected chi connectivity index (χ0v) is 44.0. The van der Waals surface area contributed by atoms with E-state index in [2.05, 4.69) is 69.2 Å². The van der Waals surface area contributed by atoms with E-state index in [4.69, 9.17) is 18.9 Å². The summed E-state index contributed by atoms with van der Waals surface area (Å²) in [5.41, 5.74) is -7.13. The van der Waals surface area contributed by atoms with Gasteiger partial charge < -0.3 is 29.2 Å². The normalized spacial score (nSPS) is 49.2. The molecule has 12 fully saturated rings. The van der Waals surface area contributed by atoms with Crippen molar-refractivity contribution in [3.63, 3.8) is 0 Å². The van der Waals surface area contributed by atoms with E-state index < -0.39 is 67.3 Å². The number of esters is 4. The minimum atomic E-state index is -1.08. The highest BCUT2D eigenvalue weighted by Crippen LogP contribution is 2.84. The molecule has 8 bridgehead atoms. The molecule has 1 heterocycles. The first-order chi connectivity index (χ1) is 31.9. The lowest BCUT2D eigenvalue weighted by Crippen LogP contribution is -2.61. The molecule has 0 amide bonds. The van der Waals surface area contributed by atoms with Crippen molar-refractivity contribution in [2.75, 3.05) is 13.2 Å². The van der Waals surface area contributed by atoms with Gasteiger partial charge >= 0.3 is 23.9 Å². The van der Waals surface area contributed by atoms with Crippen molar-refractivity contribution in [1.82, 2.24) is 0 Å². The van der Waals surface area contributed by atoms with Crippen molar-refractivity contribution in [2.24, 2.45) is 84.7 Å². The van der Waals surface area contributed by atoms with E-state index in [0.717, 1.165) is 102 Å². The summed E-state index contributed by atoms with van der Waals surface area (Å²) in [4.78, 5) is 59.4. The van der Waals surface area contributed by atoms with Crippen LogP contribution in [-0.2, 0) is 38.1 Å². The second-order valence-electron chi connectivity index (χ2n) is 28.0. The van der Waals surface area contributed by atoms with Gasteiger partial charge in [0, 0.05) is 19.4 Å². The van der Waals surface area contributed by atoms with E-state index in [-0.39, 0.29) is 41.9 Å². The standard InChI is InChI=1S/C58H90O10/c1-11-40(54(14-4)33-57(54,29-48(6,7)12-2)47(63)67-51(10)41-20-36-18-37(22-41)23-42(51)21-36)28-55(45(61)66-43-16-17-65-44(43)60)34-58(55,15-5)50(9,35-59)31-56(30-49(56,8)13-3)46(62)68-53-26-38-19-39(27-53)25-52(64,24-38)32-53/h36-43,59,64H,11-35H2,1-10H3. The van der Waals surface area contributed by atoms with E-state index in [1.54, 1.807) is 0 Å². The molecular formula is C58H90O10. The molecule has 1 saturated heterocycles. The van der Waals surface area contributed by atoms with Crippen LogP contribution < -0.4 is 0 Å². The monoisotopic (exact) mass is 947 g/mol. The Morgan fingerprint density at radius 2 is 1.34 bits per heavy atom. The Morgan fingerprint density at radius 1 is 0.721 bits per heavy atom. The number of hydrogen-bond acceptors (Lipinski definition) is 10. The maximum Gasteiger partial charge on any atom is 0.347 e. The van der Waals surface area contributed by atoms with Crippen LogP contribution in [-0.4, -0.2) is 70.2 Å². The molecule has 1 aliphatic heterocycles. The Bertz CT molecular complexity index is 2020. The van der Waals surface area contributed by atoms with Gasteiger partial charge in [0.1, 0.15) is 11.2 Å². The Morgan fingerprint density at radius 3 is 1.84 bits per heavy atom. The molecule has 10 heteroatoms. The molecule has 68 heavy (non-hydrogen) atoms. The molecule has 0 spiro atoms. The minimum absolute atomic E-state index is 0.0310. The van der Waals surface area contributed by atoms with Crippen LogP contribution in [0, 0.1) is 84.7 Å². The van der Waals surface area contributed by atoms with Crippen LogP contribution in [0.2, 0.25) is 0 Å². The topological polar surface area (TPSA) is 146 Å². The largest absolute Gasteiger partial charge is 0.463 e. The quantitative estimate of drug-likeness (QED) is 0.0893. The van der Waals surface area contributed by atoms with Gasteiger partial charge in [0.2, 0.25) is 6.10 Å². The Labute approximate surface area is 408 Å². The molecular weight excluding hydrogens is 857 g/mol. The first-order valence-electron chi connectivity index (χ1n) is 28.1. The van der Waals surface area contributed by atoms with E-state index in [0.29, 0.717) is 75.0 Å². The fraction of sp³-hybridized carbons (Fsp3) is 0.931. The third-order valence-electron chi connectivity index (χ3n) is 24.0. The first-order valence-corrected chi connectivity index (χ1v) is 28.1. The van der Waals surface area contributed by atoms with Crippen molar-refractivity contribution in [3.8, 4) is 0 Å². The molecule has 2 N–H and O–H groups in total. The van der Waals surface area contributed by atoms with Gasteiger partial charge in [-0.2, -0.15) is 0 Å². The number of aliphatic hydroxyl groups excluding tert-OH is 1. The smallest absolute Gasteiger partial charge is 0.347 e. The predicted molar refractivity (Wildman–Crippen MR) is 257 cm³/mol. The van der Waals surface area contributed by atoms with Gasteiger partial charge in [-0.05, 0) is 197 Å². The molecule has 11 atom stereocenters. The van der Waals surface area contributed by atoms with E-state index in [9.17, 15) is 15.0 Å². The lowest BCUT2D eigenvalue weighted by Gasteiger charge is -2.59. The molecule has 11 unspecified atom stereocenters. The summed E-state index contributed by atoms with van der Waals surface area (Å²) in [7, 11) is 0. The highest BCUT2D eigenvalue weighted by atomic mass is 16.6. The Kier molecular flexibility index (Phi) is 11.5. The van der Waals surface area contributed by atoms with Gasteiger partial charge in [0.15, 0.2) is 0 Å². The van der Waals surface area contributed by atoms with E-state index >= 15 is 14.4 Å². The summed E-state index contributed by atoms with van der Waals surface area (Å²) in [6.45, 7) is 22.0. The molecule has 0 aromatic rings. The molecule has 10 nitrogen and oxygen atoms in total. The van der Waals surface area contributed by atoms with Gasteiger partial charge in [-0.1, -0.05) is 75.2 Å². The lowest BCUT2D eigenvalue weighted by atomic mass is 9.50. The van der Waals surface area contributed by atoms with Crippen molar-refractivity contribution in [3.05, 3.63) is 0 Å². The van der Waals surface area contributed by atoms with Crippen molar-refractivity contribution < 1.29 is 48.3 Å². The van der Waals surface area contributed by atoms with Crippen LogP contribution in [0.5, 0.6) is 0 Å². The lowest BCUT2D eigenvalue weighted by molar-refractivity contribution is -0.225. The highest BCUT2D eigenvalue weighted by Gasteiger charge is 2.83. The predicted octanol–water partition coefficient (Wildman–Crippen LogP) is 11.2. The van der Waals surface area contributed by atoms with Crippen molar-refractivity contribution >= 4 is 23.9 Å². The Hall–Kier alpha value is -2.20. The fourth-order valence-electron chi connectivity index (χ4n) is 20.0. The molecule has 12 rings (SSSR count). The number of aliphatic hydroxyl groups is 2. The molecule has 12 aliphatic rings. The molecule has 11 saturated carbocycles. The van der Waals surface area contributed by atoms with Crippen LogP contribution in [0.4, 0.5) is 0 Å². The summed E-state index contributed by atoms with van der Waals surface area (Å²) in [5.74, 6) is 1.83. The third-order valence-corrected chi connectivity index (χ3v) is 24.0. The summed E-state index contributed by atoms with van der Waals surface area (Å²) in [6, 6.07) is 0. The van der Waals surface area contributed by atoms with Crippen LogP contribution in [0.25, 0.3) is 0 Å². The highest BCUT2D eigenvalue weighted by molar-refractivity contribution is 5.87. The summed E-state index contributed by atoms with van der Waals surface area (Å²) in [5, 5.41) is 23.7. The fourth-order valence-corrected chi connectivity index (χ4v) is 20.0. The number of ether oxygens (including phenoxy) is 4. The zero-order valence-electron chi connectivity index (χ0n) is 44.0. The number of carbonyl (C=O) groups is 4. The van der Waals surface area contributed by atoms with Crippen molar-refractivity contribution in [1.29, 1.82) is 0 Å². The maximum absolute atomic E-state index is 15.6. The number of rotatable bonds is 20. The van der Waals surface area contributed by atoms with Crippen LogP contribution in [0.15, 0.2) is 0 Å². The van der Waals surface area contributed by atoms with Gasteiger partial charge in [0.25, 0.3) is 0 Å². The van der Waals surface area contributed by atoms with Crippen LogP contribution >= 0.6 is 0 Å². The number of hydrogen-bond donors (Lipinski definition) is 2. The minimum Gasteiger partial charge on any atom is -0.463 e. The van der Waals surface area contributed by atoms with E-state index in [1.807, 2.05) is 0 Å². The second-order valence-corrected chi connectivity index (χ2v) is 28.0. The van der Waals surface area contributed by atoms with Gasteiger partial charge in [-0.25, -0.2) is 4.79 Å². The van der Waals surface area contributed by atoms with E-state index in [1.165, 1.54) is 6.42 Å². The van der Waals surface area contributed by atoms with Crippen LogP contribution in [0.3, 0.4) is 0 Å². The maximum atomic E-state index is 15.6. The molecule has 0 radical (unpaired) electrons. The first kappa shape index (κ1) is 49.4. The van der Waals surface area contributed by atoms with Gasteiger partial charge in [-0.15, -0.1) is 0 Å². The summed E-state index contributed by atoms with van der Waals surface area (Å²) >= 11 is 0. The molecule has 382 valence electrons. The van der Waals surface area contributed by atoms with Gasteiger partial charge in [-0.3, -0.25) is 14.4 Å². The summed E-state index contributed by atoms with van der Waals surface area (Å²) < 4.78 is 25.7. The number of carbonyl (C=O) groups excluding carboxylic acids is 4. The second kappa shape index (κ2) is 15.9. The zero-order chi connectivity index (χ0) is 48.9. The summed E-state index contributed by atoms with van der Waals surface area (Å²) in [6.07, 6.45) is 17.2. The molecule has 11 aliphatic carbocycles. The average molecular weight is 947 g/mol.